The zero-order chi connectivity index (χ0) is 15.7. The number of hydrogen-bond donors (Lipinski definition) is 2. The van der Waals surface area contributed by atoms with Crippen molar-refractivity contribution in [3.63, 3.8) is 0 Å². The van der Waals surface area contributed by atoms with Gasteiger partial charge in [0.15, 0.2) is 5.96 Å². The van der Waals surface area contributed by atoms with Crippen molar-refractivity contribution in [2.45, 2.75) is 6.54 Å². The number of nitrogens with one attached hydrogen (secondary N) is 2. The molecule has 0 aliphatic carbocycles. The molecule has 6 nitrogen and oxygen atoms in total. The SMILES string of the molecule is c1ccc(OCCOc2ccc(CNC3=NCCN3)cn2)cc1. The molecule has 23 heavy (non-hydrogen) atoms. The van der Waals surface area contributed by atoms with Crippen molar-refractivity contribution in [1.29, 1.82) is 0 Å². The minimum absolute atomic E-state index is 0.459. The van der Waals surface area contributed by atoms with Gasteiger partial charge < -0.3 is 20.1 Å². The number of ether oxygens (including phenoxy) is 2. The highest BCUT2D eigenvalue weighted by molar-refractivity contribution is 5.81. The quantitative estimate of drug-likeness (QED) is 0.760. The molecule has 0 saturated heterocycles. The average molecular weight is 312 g/mol. The number of para-hydroxylation sites is 1. The second-order valence-electron chi connectivity index (χ2n) is 5.03. The number of aromatic nitrogens is 1. The molecule has 0 amide bonds. The van der Waals surface area contributed by atoms with Gasteiger partial charge in [0.2, 0.25) is 5.88 Å². The van der Waals surface area contributed by atoms with E-state index in [-0.39, 0.29) is 0 Å². The third-order valence-electron chi connectivity index (χ3n) is 3.28. The van der Waals surface area contributed by atoms with Crippen LogP contribution >= 0.6 is 0 Å². The van der Waals surface area contributed by atoms with Gasteiger partial charge in [-0.25, -0.2) is 4.98 Å². The van der Waals surface area contributed by atoms with Crippen LogP contribution in [0.1, 0.15) is 5.56 Å². The van der Waals surface area contributed by atoms with Crippen molar-refractivity contribution >= 4 is 5.96 Å². The van der Waals surface area contributed by atoms with Gasteiger partial charge in [0.25, 0.3) is 0 Å². The first-order valence-corrected chi connectivity index (χ1v) is 7.68. The smallest absolute Gasteiger partial charge is 0.213 e. The molecule has 0 atom stereocenters. The number of aliphatic imine (C=N–C) groups is 1. The van der Waals surface area contributed by atoms with E-state index in [2.05, 4.69) is 20.6 Å². The summed E-state index contributed by atoms with van der Waals surface area (Å²) in [5.41, 5.74) is 1.08. The Hall–Kier alpha value is -2.76. The van der Waals surface area contributed by atoms with Crippen LogP contribution in [0, 0.1) is 0 Å². The molecule has 1 aromatic carbocycles. The van der Waals surface area contributed by atoms with Gasteiger partial charge in [0, 0.05) is 25.4 Å². The molecule has 1 aliphatic rings. The lowest BCUT2D eigenvalue weighted by molar-refractivity contribution is 0.212. The van der Waals surface area contributed by atoms with Crippen LogP contribution in [-0.2, 0) is 6.54 Å². The highest BCUT2D eigenvalue weighted by Gasteiger charge is 2.04. The first kappa shape index (κ1) is 15.1. The average Bonchev–Trinajstić information content (AvgIpc) is 3.12. The largest absolute Gasteiger partial charge is 0.490 e. The fourth-order valence-electron chi connectivity index (χ4n) is 2.13. The van der Waals surface area contributed by atoms with Crippen molar-refractivity contribution < 1.29 is 9.47 Å². The summed E-state index contributed by atoms with van der Waals surface area (Å²) in [5.74, 6) is 2.29. The lowest BCUT2D eigenvalue weighted by atomic mass is 10.3. The Bertz CT molecular complexity index is 629. The molecule has 6 heteroatoms. The summed E-state index contributed by atoms with van der Waals surface area (Å²) in [6, 6.07) is 13.5. The summed E-state index contributed by atoms with van der Waals surface area (Å²) in [6.45, 7) is 3.37. The van der Waals surface area contributed by atoms with E-state index in [0.717, 1.165) is 30.4 Å². The Labute approximate surface area is 135 Å². The first-order valence-electron chi connectivity index (χ1n) is 7.68. The topological polar surface area (TPSA) is 67.8 Å². The Balaban J connectivity index is 1.37. The Morgan fingerprint density at radius 3 is 2.65 bits per heavy atom. The van der Waals surface area contributed by atoms with Gasteiger partial charge in [-0.1, -0.05) is 24.3 Å². The summed E-state index contributed by atoms with van der Waals surface area (Å²) < 4.78 is 11.1. The number of guanidine groups is 1. The van der Waals surface area contributed by atoms with Crippen molar-refractivity contribution in [3.05, 3.63) is 54.2 Å². The minimum Gasteiger partial charge on any atom is -0.490 e. The number of hydrogen-bond acceptors (Lipinski definition) is 6. The summed E-state index contributed by atoms with van der Waals surface area (Å²) in [5, 5.41) is 6.39. The maximum Gasteiger partial charge on any atom is 0.213 e. The van der Waals surface area contributed by atoms with E-state index in [9.17, 15) is 0 Å². The first-order chi connectivity index (χ1) is 11.4. The van der Waals surface area contributed by atoms with Crippen LogP contribution < -0.4 is 20.1 Å². The third kappa shape index (κ3) is 4.88. The molecule has 0 unspecified atom stereocenters. The van der Waals surface area contributed by atoms with E-state index in [4.69, 9.17) is 9.47 Å². The van der Waals surface area contributed by atoms with Gasteiger partial charge in [-0.3, -0.25) is 4.99 Å². The van der Waals surface area contributed by atoms with Crippen molar-refractivity contribution in [3.8, 4) is 11.6 Å². The Kier molecular flexibility index (Phi) is 5.29. The predicted molar refractivity (Wildman–Crippen MR) is 88.8 cm³/mol. The highest BCUT2D eigenvalue weighted by atomic mass is 16.5. The summed E-state index contributed by atoms with van der Waals surface area (Å²) >= 11 is 0. The maximum atomic E-state index is 5.57. The lowest BCUT2D eigenvalue weighted by Crippen LogP contribution is -2.33. The molecule has 1 aliphatic heterocycles. The van der Waals surface area contributed by atoms with E-state index in [1.807, 2.05) is 42.5 Å². The highest BCUT2D eigenvalue weighted by Crippen LogP contribution is 2.09. The molecular weight excluding hydrogens is 292 g/mol. The van der Waals surface area contributed by atoms with Crippen LogP contribution in [-0.4, -0.2) is 37.2 Å². The fraction of sp³-hybridized carbons (Fsp3) is 0.294. The van der Waals surface area contributed by atoms with E-state index < -0.39 is 0 Å². The molecule has 0 radical (unpaired) electrons. The molecule has 2 aromatic rings. The van der Waals surface area contributed by atoms with Crippen LogP contribution in [0.5, 0.6) is 11.6 Å². The van der Waals surface area contributed by atoms with E-state index >= 15 is 0 Å². The normalized spacial score (nSPS) is 13.1. The van der Waals surface area contributed by atoms with Gasteiger partial charge in [-0.15, -0.1) is 0 Å². The van der Waals surface area contributed by atoms with Crippen LogP contribution in [0.3, 0.4) is 0 Å². The number of rotatable bonds is 7. The van der Waals surface area contributed by atoms with Crippen molar-refractivity contribution in [1.82, 2.24) is 15.6 Å². The minimum atomic E-state index is 0.459. The molecule has 0 spiro atoms. The monoisotopic (exact) mass is 312 g/mol. The van der Waals surface area contributed by atoms with Gasteiger partial charge in [0.1, 0.15) is 19.0 Å². The molecule has 0 saturated carbocycles. The molecule has 0 fully saturated rings. The van der Waals surface area contributed by atoms with Crippen LogP contribution in [0.4, 0.5) is 0 Å². The molecule has 0 bridgehead atoms. The maximum absolute atomic E-state index is 5.57. The molecular formula is C17H20N4O2. The molecule has 3 rings (SSSR count). The Morgan fingerprint density at radius 1 is 1.04 bits per heavy atom. The van der Waals surface area contributed by atoms with E-state index in [0.29, 0.717) is 25.6 Å². The van der Waals surface area contributed by atoms with Crippen LogP contribution in [0.25, 0.3) is 0 Å². The third-order valence-corrected chi connectivity index (χ3v) is 3.28. The number of nitrogens with zero attached hydrogens (tertiary/aromatic N) is 2. The number of benzene rings is 1. The second-order valence-corrected chi connectivity index (χ2v) is 5.03. The van der Waals surface area contributed by atoms with Gasteiger partial charge in [0.05, 0.1) is 6.54 Å². The van der Waals surface area contributed by atoms with E-state index in [1.54, 1.807) is 6.20 Å². The van der Waals surface area contributed by atoms with Crippen molar-refractivity contribution in [2.75, 3.05) is 26.3 Å². The Morgan fingerprint density at radius 2 is 1.91 bits per heavy atom. The van der Waals surface area contributed by atoms with Crippen molar-refractivity contribution in [2.24, 2.45) is 4.99 Å². The zero-order valence-corrected chi connectivity index (χ0v) is 12.9. The summed E-state index contributed by atoms with van der Waals surface area (Å²) in [7, 11) is 0. The van der Waals surface area contributed by atoms with Crippen LogP contribution in [0.15, 0.2) is 53.7 Å². The standard InChI is InChI=1S/C17H20N4O2/c1-2-4-15(5-3-1)22-10-11-23-16-7-6-14(12-20-16)13-21-17-18-8-9-19-17/h1-7,12H,8-11,13H2,(H2,18,19,21). The molecule has 2 N–H and O–H groups in total. The number of pyridine rings is 1. The molecule has 120 valence electrons. The second kappa shape index (κ2) is 8.03. The molecule has 1 aromatic heterocycles. The zero-order valence-electron chi connectivity index (χ0n) is 12.9. The molecule has 2 heterocycles. The summed E-state index contributed by atoms with van der Waals surface area (Å²) in [4.78, 5) is 8.57. The fourth-order valence-corrected chi connectivity index (χ4v) is 2.13. The van der Waals surface area contributed by atoms with Gasteiger partial charge >= 0.3 is 0 Å². The van der Waals surface area contributed by atoms with E-state index in [1.165, 1.54) is 0 Å². The van der Waals surface area contributed by atoms with Crippen LogP contribution in [0.2, 0.25) is 0 Å². The lowest BCUT2D eigenvalue weighted by Gasteiger charge is -2.09. The van der Waals surface area contributed by atoms with Gasteiger partial charge in [-0.05, 0) is 17.7 Å². The summed E-state index contributed by atoms with van der Waals surface area (Å²) in [6.07, 6.45) is 1.80. The predicted octanol–water partition coefficient (Wildman–Crippen LogP) is 1.59. The van der Waals surface area contributed by atoms with Gasteiger partial charge in [-0.2, -0.15) is 0 Å².